The predicted molar refractivity (Wildman–Crippen MR) is 82.3 cm³/mol. The van der Waals surface area contributed by atoms with Crippen molar-refractivity contribution in [2.24, 2.45) is 0 Å². The standard InChI is InChI=1S/C13H13BrN2O4S/c1-19-10-4-5-11(20-2)12(7-10)21(17,18)16-13-6-3-9(14)8-15-13/h3-8H,1-2H3,(H,15,16). The average molecular weight is 373 g/mol. The van der Waals surface area contributed by atoms with E-state index in [1.54, 1.807) is 18.2 Å². The summed E-state index contributed by atoms with van der Waals surface area (Å²) in [6, 6.07) is 7.78. The normalized spacial score (nSPS) is 11.0. The van der Waals surface area contributed by atoms with E-state index in [0.29, 0.717) is 5.75 Å². The van der Waals surface area contributed by atoms with Gasteiger partial charge in [-0.25, -0.2) is 13.4 Å². The molecule has 1 aromatic carbocycles. The first-order valence-electron chi connectivity index (χ1n) is 5.82. The molecule has 0 bridgehead atoms. The van der Waals surface area contributed by atoms with E-state index in [4.69, 9.17) is 9.47 Å². The van der Waals surface area contributed by atoms with Crippen LogP contribution in [0.15, 0.2) is 45.9 Å². The van der Waals surface area contributed by atoms with Crippen molar-refractivity contribution in [1.29, 1.82) is 0 Å². The third-order valence-corrected chi connectivity index (χ3v) is 4.47. The van der Waals surface area contributed by atoms with Crippen molar-refractivity contribution < 1.29 is 17.9 Å². The molecule has 0 spiro atoms. The minimum atomic E-state index is -3.83. The van der Waals surface area contributed by atoms with Gasteiger partial charge < -0.3 is 9.47 Å². The quantitative estimate of drug-likeness (QED) is 0.872. The molecule has 0 atom stereocenters. The van der Waals surface area contributed by atoms with Gasteiger partial charge in [-0.05, 0) is 40.2 Å². The van der Waals surface area contributed by atoms with E-state index in [1.807, 2.05) is 0 Å². The maximum atomic E-state index is 12.4. The fraction of sp³-hybridized carbons (Fsp3) is 0.154. The van der Waals surface area contributed by atoms with Gasteiger partial charge in [0, 0.05) is 16.7 Å². The molecule has 1 heterocycles. The zero-order valence-corrected chi connectivity index (χ0v) is 13.7. The van der Waals surface area contributed by atoms with E-state index in [1.165, 1.54) is 32.5 Å². The minimum Gasteiger partial charge on any atom is -0.497 e. The second kappa shape index (κ2) is 6.31. The number of hydrogen-bond donors (Lipinski definition) is 1. The molecule has 21 heavy (non-hydrogen) atoms. The number of pyridine rings is 1. The van der Waals surface area contributed by atoms with Gasteiger partial charge in [-0.15, -0.1) is 0 Å². The highest BCUT2D eigenvalue weighted by molar-refractivity contribution is 9.10. The maximum Gasteiger partial charge on any atom is 0.266 e. The van der Waals surface area contributed by atoms with E-state index in [9.17, 15) is 8.42 Å². The van der Waals surface area contributed by atoms with E-state index in [0.717, 1.165) is 4.47 Å². The molecule has 0 aliphatic rings. The molecule has 0 saturated heterocycles. The summed E-state index contributed by atoms with van der Waals surface area (Å²) in [7, 11) is -0.973. The Kier molecular flexibility index (Phi) is 4.69. The van der Waals surface area contributed by atoms with Crippen LogP contribution in [0, 0.1) is 0 Å². The van der Waals surface area contributed by atoms with Crippen LogP contribution in [0.4, 0.5) is 5.82 Å². The van der Waals surface area contributed by atoms with Gasteiger partial charge in [0.05, 0.1) is 14.2 Å². The van der Waals surface area contributed by atoms with Crippen LogP contribution >= 0.6 is 15.9 Å². The Morgan fingerprint density at radius 2 is 1.90 bits per heavy atom. The lowest BCUT2D eigenvalue weighted by atomic mass is 10.3. The molecule has 0 amide bonds. The predicted octanol–water partition coefficient (Wildman–Crippen LogP) is 2.66. The van der Waals surface area contributed by atoms with E-state index >= 15 is 0 Å². The van der Waals surface area contributed by atoms with Gasteiger partial charge in [0.2, 0.25) is 0 Å². The van der Waals surface area contributed by atoms with Crippen molar-refractivity contribution in [3.8, 4) is 11.5 Å². The first-order chi connectivity index (χ1) is 9.96. The molecule has 0 aliphatic heterocycles. The number of benzene rings is 1. The molecule has 2 aromatic rings. The smallest absolute Gasteiger partial charge is 0.266 e. The van der Waals surface area contributed by atoms with Gasteiger partial charge in [-0.2, -0.15) is 0 Å². The first kappa shape index (κ1) is 15.6. The zero-order valence-electron chi connectivity index (χ0n) is 11.3. The fourth-order valence-corrected chi connectivity index (χ4v) is 3.05. The van der Waals surface area contributed by atoms with Gasteiger partial charge in [0.1, 0.15) is 22.2 Å². The van der Waals surface area contributed by atoms with Gasteiger partial charge >= 0.3 is 0 Å². The van der Waals surface area contributed by atoms with Crippen LogP contribution in [-0.2, 0) is 10.0 Å². The Hall–Kier alpha value is -1.80. The Balaban J connectivity index is 2.41. The number of nitrogens with zero attached hydrogens (tertiary/aromatic N) is 1. The van der Waals surface area contributed by atoms with E-state index in [-0.39, 0.29) is 16.5 Å². The Bertz CT molecular complexity index is 732. The number of nitrogens with one attached hydrogen (secondary N) is 1. The third-order valence-electron chi connectivity index (χ3n) is 2.63. The van der Waals surface area contributed by atoms with Crippen LogP contribution in [0.2, 0.25) is 0 Å². The first-order valence-corrected chi connectivity index (χ1v) is 8.10. The van der Waals surface area contributed by atoms with E-state index in [2.05, 4.69) is 25.6 Å². The van der Waals surface area contributed by atoms with Crippen LogP contribution in [0.3, 0.4) is 0 Å². The second-order valence-corrected chi connectivity index (χ2v) is 6.55. The lowest BCUT2D eigenvalue weighted by molar-refractivity contribution is 0.392. The van der Waals surface area contributed by atoms with Crippen LogP contribution in [0.5, 0.6) is 11.5 Å². The Morgan fingerprint density at radius 1 is 1.14 bits per heavy atom. The third kappa shape index (κ3) is 3.64. The van der Waals surface area contributed by atoms with Crippen LogP contribution < -0.4 is 14.2 Å². The molecule has 0 saturated carbocycles. The molecule has 8 heteroatoms. The number of anilines is 1. The highest BCUT2D eigenvalue weighted by Gasteiger charge is 2.21. The summed E-state index contributed by atoms with van der Waals surface area (Å²) in [4.78, 5) is 3.96. The monoisotopic (exact) mass is 372 g/mol. The molecule has 0 unspecified atom stereocenters. The fourth-order valence-electron chi connectivity index (χ4n) is 1.62. The highest BCUT2D eigenvalue weighted by atomic mass is 79.9. The summed E-state index contributed by atoms with van der Waals surface area (Å²) < 4.78 is 38.1. The number of methoxy groups -OCH3 is 2. The maximum absolute atomic E-state index is 12.4. The number of halogens is 1. The van der Waals surface area contributed by atoms with Crippen LogP contribution in [0.1, 0.15) is 0 Å². The summed E-state index contributed by atoms with van der Waals surface area (Å²) in [6.07, 6.45) is 1.50. The molecule has 1 N–H and O–H groups in total. The minimum absolute atomic E-state index is 0.0194. The molecule has 1 aromatic heterocycles. The van der Waals surface area contributed by atoms with Crippen molar-refractivity contribution in [1.82, 2.24) is 4.98 Å². The second-order valence-electron chi connectivity index (χ2n) is 3.98. The topological polar surface area (TPSA) is 77.5 Å². The van der Waals surface area contributed by atoms with Gasteiger partial charge in [-0.3, -0.25) is 4.72 Å². The van der Waals surface area contributed by atoms with Crippen molar-refractivity contribution >= 4 is 31.8 Å². The van der Waals surface area contributed by atoms with Crippen molar-refractivity contribution in [2.75, 3.05) is 18.9 Å². The number of rotatable bonds is 5. The summed E-state index contributed by atoms with van der Waals surface area (Å²) in [5.74, 6) is 0.850. The lowest BCUT2D eigenvalue weighted by Gasteiger charge is -2.12. The molecule has 6 nitrogen and oxygen atoms in total. The van der Waals surface area contributed by atoms with Crippen LogP contribution in [0.25, 0.3) is 0 Å². The van der Waals surface area contributed by atoms with E-state index < -0.39 is 10.0 Å². The molecule has 0 radical (unpaired) electrons. The number of ether oxygens (including phenoxy) is 2. The molecular weight excluding hydrogens is 360 g/mol. The van der Waals surface area contributed by atoms with Crippen molar-refractivity contribution in [3.63, 3.8) is 0 Å². The van der Waals surface area contributed by atoms with Gasteiger partial charge in [0.15, 0.2) is 0 Å². The number of aromatic nitrogens is 1. The van der Waals surface area contributed by atoms with Gasteiger partial charge in [-0.1, -0.05) is 0 Å². The zero-order chi connectivity index (χ0) is 15.5. The summed E-state index contributed by atoms with van der Waals surface area (Å²) in [5, 5.41) is 0. The summed E-state index contributed by atoms with van der Waals surface area (Å²) in [5.41, 5.74) is 0. The Morgan fingerprint density at radius 3 is 2.48 bits per heavy atom. The molecule has 0 aliphatic carbocycles. The molecular formula is C13H13BrN2O4S. The number of hydrogen-bond acceptors (Lipinski definition) is 5. The average Bonchev–Trinajstić information content (AvgIpc) is 2.48. The molecule has 2 rings (SSSR count). The number of sulfonamides is 1. The summed E-state index contributed by atoms with van der Waals surface area (Å²) in [6.45, 7) is 0. The highest BCUT2D eigenvalue weighted by Crippen LogP contribution is 2.29. The van der Waals surface area contributed by atoms with Gasteiger partial charge in [0.25, 0.3) is 10.0 Å². The van der Waals surface area contributed by atoms with Crippen LogP contribution in [-0.4, -0.2) is 27.6 Å². The molecule has 0 fully saturated rings. The van der Waals surface area contributed by atoms with Crippen molar-refractivity contribution in [3.05, 3.63) is 41.0 Å². The molecule has 112 valence electrons. The Labute approximate surface area is 131 Å². The largest absolute Gasteiger partial charge is 0.497 e. The van der Waals surface area contributed by atoms with Crippen molar-refractivity contribution in [2.45, 2.75) is 4.90 Å². The lowest BCUT2D eigenvalue weighted by Crippen LogP contribution is -2.15. The SMILES string of the molecule is COc1ccc(OC)c(S(=O)(=O)Nc2ccc(Br)cn2)c1. The summed E-state index contributed by atoms with van der Waals surface area (Å²) >= 11 is 3.24.